The number of guanidine groups is 1. The maximum absolute atomic E-state index is 6.13. The second-order valence-electron chi connectivity index (χ2n) is 9.04. The number of benzene rings is 1. The van der Waals surface area contributed by atoms with Gasteiger partial charge in [0.25, 0.3) is 0 Å². The molecule has 1 aliphatic rings. The van der Waals surface area contributed by atoms with Crippen molar-refractivity contribution in [3.63, 3.8) is 0 Å². The van der Waals surface area contributed by atoms with Crippen molar-refractivity contribution in [1.82, 2.24) is 20.4 Å². The molecule has 1 heterocycles. The van der Waals surface area contributed by atoms with E-state index >= 15 is 0 Å². The Kier molecular flexibility index (Phi) is 11.9. The fourth-order valence-electron chi connectivity index (χ4n) is 4.24. The highest BCUT2D eigenvalue weighted by molar-refractivity contribution is 5.79. The Labute approximate surface area is 190 Å². The minimum absolute atomic E-state index is 0.405. The topological polar surface area (TPSA) is 52.1 Å². The normalized spacial score (nSPS) is 16.5. The van der Waals surface area contributed by atoms with Gasteiger partial charge in [0.15, 0.2) is 5.96 Å². The highest BCUT2D eigenvalue weighted by Crippen LogP contribution is 2.16. The Bertz CT molecular complexity index is 604. The van der Waals surface area contributed by atoms with Crippen LogP contribution in [0.1, 0.15) is 52.5 Å². The molecule has 0 bridgehead atoms. The highest BCUT2D eigenvalue weighted by Gasteiger charge is 2.19. The molecule has 1 aliphatic heterocycles. The van der Waals surface area contributed by atoms with Gasteiger partial charge in [-0.3, -0.25) is 14.8 Å². The maximum atomic E-state index is 6.13. The van der Waals surface area contributed by atoms with E-state index in [9.17, 15) is 0 Å². The third kappa shape index (κ3) is 10.0. The van der Waals surface area contributed by atoms with Gasteiger partial charge in [0.05, 0.1) is 6.10 Å². The molecule has 1 fully saturated rings. The zero-order chi connectivity index (χ0) is 22.5. The van der Waals surface area contributed by atoms with Gasteiger partial charge in [-0.2, -0.15) is 0 Å². The van der Waals surface area contributed by atoms with Gasteiger partial charge in [-0.05, 0) is 52.5 Å². The molecule has 31 heavy (non-hydrogen) atoms. The van der Waals surface area contributed by atoms with Crippen molar-refractivity contribution in [2.75, 3.05) is 46.4 Å². The summed E-state index contributed by atoms with van der Waals surface area (Å²) in [4.78, 5) is 9.35. The largest absolute Gasteiger partial charge is 0.378 e. The Morgan fingerprint density at radius 3 is 2.32 bits per heavy atom. The Morgan fingerprint density at radius 1 is 1.06 bits per heavy atom. The van der Waals surface area contributed by atoms with Crippen molar-refractivity contribution in [3.05, 3.63) is 35.9 Å². The van der Waals surface area contributed by atoms with Crippen LogP contribution in [0.4, 0.5) is 0 Å². The molecule has 2 rings (SSSR count). The fourth-order valence-corrected chi connectivity index (χ4v) is 4.24. The molecule has 6 heteroatoms. The standard InChI is InChI=1S/C25H45N5O/c1-21(2)30(22(3)4)18-15-28-25(26-5)27-14-9-19-31-24-12-16-29(17-13-24)20-23-10-7-6-8-11-23/h6-8,10-11,21-22,24H,9,12-20H2,1-5H3,(H2,26,27,28). The summed E-state index contributed by atoms with van der Waals surface area (Å²) in [6.45, 7) is 15.9. The summed E-state index contributed by atoms with van der Waals surface area (Å²) in [7, 11) is 1.83. The number of hydrogen-bond donors (Lipinski definition) is 2. The van der Waals surface area contributed by atoms with Crippen molar-refractivity contribution in [3.8, 4) is 0 Å². The maximum Gasteiger partial charge on any atom is 0.191 e. The first kappa shape index (κ1) is 25.6. The van der Waals surface area contributed by atoms with E-state index in [2.05, 4.69) is 83.5 Å². The molecule has 0 aromatic heterocycles. The number of aliphatic imine (C=N–C) groups is 1. The zero-order valence-corrected chi connectivity index (χ0v) is 20.4. The summed E-state index contributed by atoms with van der Waals surface area (Å²) in [5.74, 6) is 0.877. The Hall–Kier alpha value is -1.63. The van der Waals surface area contributed by atoms with Crippen LogP contribution in [-0.4, -0.2) is 80.3 Å². The van der Waals surface area contributed by atoms with E-state index in [1.807, 2.05) is 7.05 Å². The number of rotatable bonds is 12. The van der Waals surface area contributed by atoms with Crippen molar-refractivity contribution < 1.29 is 4.74 Å². The van der Waals surface area contributed by atoms with E-state index in [-0.39, 0.29) is 0 Å². The van der Waals surface area contributed by atoms with Crippen molar-refractivity contribution in [2.24, 2.45) is 4.99 Å². The van der Waals surface area contributed by atoms with E-state index in [0.29, 0.717) is 18.2 Å². The Balaban J connectivity index is 1.52. The molecule has 176 valence electrons. The van der Waals surface area contributed by atoms with Gasteiger partial charge in [-0.1, -0.05) is 30.3 Å². The van der Waals surface area contributed by atoms with Crippen molar-refractivity contribution >= 4 is 5.96 Å². The van der Waals surface area contributed by atoms with Crippen LogP contribution in [0.5, 0.6) is 0 Å². The lowest BCUT2D eigenvalue weighted by Gasteiger charge is -2.32. The first-order chi connectivity index (χ1) is 15.0. The SMILES string of the molecule is CN=C(NCCCOC1CCN(Cc2ccccc2)CC1)NCCN(C(C)C)C(C)C. The van der Waals surface area contributed by atoms with Crippen LogP contribution < -0.4 is 10.6 Å². The van der Waals surface area contributed by atoms with Gasteiger partial charge in [0, 0.05) is 65.0 Å². The molecule has 0 amide bonds. The number of nitrogens with zero attached hydrogens (tertiary/aromatic N) is 3. The molecule has 0 aliphatic carbocycles. The van der Waals surface area contributed by atoms with Gasteiger partial charge < -0.3 is 15.4 Å². The van der Waals surface area contributed by atoms with Gasteiger partial charge >= 0.3 is 0 Å². The molecule has 1 saturated heterocycles. The lowest BCUT2D eigenvalue weighted by molar-refractivity contribution is 0.00534. The van der Waals surface area contributed by atoms with E-state index in [4.69, 9.17) is 4.74 Å². The van der Waals surface area contributed by atoms with Crippen molar-refractivity contribution in [2.45, 2.75) is 71.7 Å². The molecule has 0 saturated carbocycles. The lowest BCUT2D eigenvalue weighted by Crippen LogP contribution is -2.45. The third-order valence-corrected chi connectivity index (χ3v) is 5.96. The second kappa shape index (κ2) is 14.4. The average Bonchev–Trinajstić information content (AvgIpc) is 2.76. The third-order valence-electron chi connectivity index (χ3n) is 5.96. The van der Waals surface area contributed by atoms with Gasteiger partial charge in [0.2, 0.25) is 0 Å². The summed E-state index contributed by atoms with van der Waals surface area (Å²) in [5.41, 5.74) is 1.40. The molecule has 0 atom stereocenters. The monoisotopic (exact) mass is 431 g/mol. The average molecular weight is 432 g/mol. The molecule has 6 nitrogen and oxygen atoms in total. The number of ether oxygens (including phenoxy) is 1. The van der Waals surface area contributed by atoms with Gasteiger partial charge in [0.1, 0.15) is 0 Å². The predicted molar refractivity (Wildman–Crippen MR) is 132 cm³/mol. The molecular formula is C25H45N5O. The molecular weight excluding hydrogens is 386 g/mol. The van der Waals surface area contributed by atoms with E-state index < -0.39 is 0 Å². The van der Waals surface area contributed by atoms with Crippen LogP contribution in [0.25, 0.3) is 0 Å². The molecule has 1 aromatic carbocycles. The number of likely N-dealkylation sites (tertiary alicyclic amines) is 1. The lowest BCUT2D eigenvalue weighted by atomic mass is 10.1. The number of hydrogen-bond acceptors (Lipinski definition) is 4. The predicted octanol–water partition coefficient (Wildman–Crippen LogP) is 3.34. The van der Waals surface area contributed by atoms with Crippen LogP contribution in [0, 0.1) is 0 Å². The van der Waals surface area contributed by atoms with E-state index in [1.54, 1.807) is 0 Å². The summed E-state index contributed by atoms with van der Waals surface area (Å²) in [5, 5.41) is 6.83. The summed E-state index contributed by atoms with van der Waals surface area (Å²) < 4.78 is 6.13. The number of nitrogens with one attached hydrogen (secondary N) is 2. The molecule has 2 N–H and O–H groups in total. The van der Waals surface area contributed by atoms with Crippen LogP contribution in [0.2, 0.25) is 0 Å². The minimum Gasteiger partial charge on any atom is -0.378 e. The highest BCUT2D eigenvalue weighted by atomic mass is 16.5. The number of piperidine rings is 1. The minimum atomic E-state index is 0.405. The van der Waals surface area contributed by atoms with E-state index in [0.717, 1.165) is 71.1 Å². The summed E-state index contributed by atoms with van der Waals surface area (Å²) >= 11 is 0. The zero-order valence-electron chi connectivity index (χ0n) is 20.4. The smallest absolute Gasteiger partial charge is 0.191 e. The van der Waals surface area contributed by atoms with Crippen LogP contribution in [0.15, 0.2) is 35.3 Å². The molecule has 0 unspecified atom stereocenters. The fraction of sp³-hybridized carbons (Fsp3) is 0.720. The first-order valence-electron chi connectivity index (χ1n) is 12.1. The van der Waals surface area contributed by atoms with Crippen molar-refractivity contribution in [1.29, 1.82) is 0 Å². The molecule has 0 spiro atoms. The van der Waals surface area contributed by atoms with Crippen LogP contribution in [-0.2, 0) is 11.3 Å². The first-order valence-corrected chi connectivity index (χ1v) is 12.1. The quantitative estimate of drug-likeness (QED) is 0.302. The summed E-state index contributed by atoms with van der Waals surface area (Å²) in [6.07, 6.45) is 3.66. The summed E-state index contributed by atoms with van der Waals surface area (Å²) in [6, 6.07) is 11.9. The second-order valence-corrected chi connectivity index (χ2v) is 9.04. The molecule has 0 radical (unpaired) electrons. The molecule has 1 aromatic rings. The van der Waals surface area contributed by atoms with Crippen LogP contribution in [0.3, 0.4) is 0 Å². The van der Waals surface area contributed by atoms with E-state index in [1.165, 1.54) is 5.56 Å². The van der Waals surface area contributed by atoms with Gasteiger partial charge in [-0.15, -0.1) is 0 Å². The van der Waals surface area contributed by atoms with Crippen LogP contribution >= 0.6 is 0 Å². The Morgan fingerprint density at radius 2 is 1.71 bits per heavy atom. The van der Waals surface area contributed by atoms with Gasteiger partial charge in [-0.25, -0.2) is 0 Å².